The average Bonchev–Trinajstić information content (AvgIpc) is 1.41. The van der Waals surface area contributed by atoms with Crippen molar-refractivity contribution in [3.63, 3.8) is 0 Å². The van der Waals surface area contributed by atoms with E-state index >= 15 is 0 Å². The Morgan fingerprint density at radius 1 is 1.80 bits per heavy atom. The van der Waals surface area contributed by atoms with E-state index in [1.165, 1.54) is 0 Å². The number of alkyl halides is 1. The van der Waals surface area contributed by atoms with Crippen molar-refractivity contribution < 1.29 is 4.18 Å². The highest BCUT2D eigenvalue weighted by atomic mass is 79.9. The lowest BCUT2D eigenvalue weighted by molar-refractivity contribution is 0.416. The molecule has 32 valence electrons. The van der Waals surface area contributed by atoms with Gasteiger partial charge in [0.15, 0.2) is 0 Å². The summed E-state index contributed by atoms with van der Waals surface area (Å²) >= 11 is 6.61. The van der Waals surface area contributed by atoms with E-state index in [1.807, 2.05) is 0 Å². The van der Waals surface area contributed by atoms with Gasteiger partial charge in [-0.3, -0.25) is 0 Å². The van der Waals surface area contributed by atoms with E-state index in [4.69, 9.17) is 0 Å². The van der Waals surface area contributed by atoms with E-state index in [9.17, 15) is 0 Å². The Balaban J connectivity index is 2.19. The predicted molar refractivity (Wildman–Crippen MR) is 28.7 cm³/mol. The molecule has 0 atom stereocenters. The van der Waals surface area contributed by atoms with Crippen LogP contribution in [-0.4, -0.2) is 11.9 Å². The molecular formula is C2H5BrOS. The zero-order valence-corrected chi connectivity index (χ0v) is 5.13. The fraction of sp³-hybridized carbons (Fsp3) is 1.00. The molecule has 0 fully saturated rings. The normalized spacial score (nSPS) is 8.40. The smallest absolute Gasteiger partial charge is 0.0707 e. The largest absolute Gasteiger partial charge is 0.318 e. The molecule has 1 nitrogen and oxygen atoms in total. The van der Waals surface area contributed by atoms with Gasteiger partial charge in [-0.2, -0.15) is 0 Å². The second-order valence-electron chi connectivity index (χ2n) is 0.522. The van der Waals surface area contributed by atoms with E-state index < -0.39 is 0 Å². The fourth-order valence-electron chi connectivity index (χ4n) is 0.0345. The summed E-state index contributed by atoms with van der Waals surface area (Å²) in [6.45, 7) is 0.670. The Kier molecular flexibility index (Phi) is 5.55. The predicted octanol–water partition coefficient (Wildman–Crippen LogP) is 1.24. The van der Waals surface area contributed by atoms with Gasteiger partial charge in [0, 0.05) is 5.33 Å². The molecular weight excluding hydrogens is 152 g/mol. The van der Waals surface area contributed by atoms with E-state index in [0.29, 0.717) is 6.61 Å². The van der Waals surface area contributed by atoms with Gasteiger partial charge in [-0.15, -0.1) is 0 Å². The highest BCUT2D eigenvalue weighted by Gasteiger charge is 1.69. The maximum atomic E-state index is 4.34. The Labute approximate surface area is 45.4 Å². The number of rotatable bonds is 2. The maximum absolute atomic E-state index is 4.34. The number of thiol groups is 1. The first-order valence-electron chi connectivity index (χ1n) is 1.24. The lowest BCUT2D eigenvalue weighted by Gasteiger charge is -1.81. The first kappa shape index (κ1) is 5.79. The SMILES string of the molecule is SOCCBr. The topological polar surface area (TPSA) is 9.23 Å². The summed E-state index contributed by atoms with van der Waals surface area (Å²) in [5.41, 5.74) is 0. The highest BCUT2D eigenvalue weighted by Crippen LogP contribution is 1.81. The van der Waals surface area contributed by atoms with Crippen LogP contribution in [0.1, 0.15) is 0 Å². The minimum atomic E-state index is 0.670. The quantitative estimate of drug-likeness (QED) is 0.360. The summed E-state index contributed by atoms with van der Waals surface area (Å²) in [5.74, 6) is 0. The summed E-state index contributed by atoms with van der Waals surface area (Å²) < 4.78 is 4.34. The second-order valence-corrected chi connectivity index (χ2v) is 1.57. The first-order valence-corrected chi connectivity index (χ1v) is 2.73. The van der Waals surface area contributed by atoms with Crippen LogP contribution in [0.5, 0.6) is 0 Å². The van der Waals surface area contributed by atoms with Gasteiger partial charge in [-0.05, 0) is 12.9 Å². The van der Waals surface area contributed by atoms with Crippen LogP contribution in [0.3, 0.4) is 0 Å². The van der Waals surface area contributed by atoms with Crippen molar-refractivity contribution in [1.82, 2.24) is 0 Å². The van der Waals surface area contributed by atoms with Gasteiger partial charge in [-0.25, -0.2) is 0 Å². The van der Waals surface area contributed by atoms with Crippen molar-refractivity contribution in [3.8, 4) is 0 Å². The van der Waals surface area contributed by atoms with Crippen molar-refractivity contribution in [3.05, 3.63) is 0 Å². The molecule has 0 aromatic rings. The number of halogens is 1. The number of hydrogen-bond donors (Lipinski definition) is 1. The van der Waals surface area contributed by atoms with Gasteiger partial charge >= 0.3 is 0 Å². The first-order chi connectivity index (χ1) is 2.41. The van der Waals surface area contributed by atoms with E-state index in [-0.39, 0.29) is 0 Å². The Morgan fingerprint density at radius 3 is 2.40 bits per heavy atom. The minimum Gasteiger partial charge on any atom is -0.318 e. The standard InChI is InChI=1S/C2H5BrOS/c3-1-2-4-5/h5H,1-2H2. The van der Waals surface area contributed by atoms with Gasteiger partial charge in [0.05, 0.1) is 6.61 Å². The van der Waals surface area contributed by atoms with E-state index in [2.05, 4.69) is 33.0 Å². The van der Waals surface area contributed by atoms with Gasteiger partial charge in [0.25, 0.3) is 0 Å². The molecule has 0 saturated heterocycles. The molecule has 0 aromatic heterocycles. The maximum Gasteiger partial charge on any atom is 0.0707 e. The third-order valence-electron chi connectivity index (χ3n) is 0.168. The monoisotopic (exact) mass is 156 g/mol. The molecule has 3 heteroatoms. The molecule has 0 aliphatic heterocycles. The fourth-order valence-corrected chi connectivity index (χ4v) is 0.538. The van der Waals surface area contributed by atoms with Crippen LogP contribution < -0.4 is 0 Å². The van der Waals surface area contributed by atoms with Crippen LogP contribution in [0, 0.1) is 0 Å². The van der Waals surface area contributed by atoms with Crippen LogP contribution >= 0.6 is 28.8 Å². The van der Waals surface area contributed by atoms with Crippen LogP contribution in [0.2, 0.25) is 0 Å². The third kappa shape index (κ3) is 4.79. The van der Waals surface area contributed by atoms with Crippen molar-refractivity contribution in [2.75, 3.05) is 11.9 Å². The molecule has 0 spiro atoms. The van der Waals surface area contributed by atoms with E-state index in [0.717, 1.165) is 5.33 Å². The summed E-state index contributed by atoms with van der Waals surface area (Å²) in [6.07, 6.45) is 0. The van der Waals surface area contributed by atoms with Gasteiger partial charge in [0.1, 0.15) is 0 Å². The minimum absolute atomic E-state index is 0.670. The van der Waals surface area contributed by atoms with Crippen molar-refractivity contribution >= 4 is 28.8 Å². The lowest BCUT2D eigenvalue weighted by atomic mass is 10.9. The summed E-state index contributed by atoms with van der Waals surface area (Å²) in [5, 5.41) is 0.858. The average molecular weight is 157 g/mol. The zero-order chi connectivity index (χ0) is 4.12. The molecule has 0 aromatic carbocycles. The van der Waals surface area contributed by atoms with Crippen LogP contribution in [0.25, 0.3) is 0 Å². The summed E-state index contributed by atoms with van der Waals surface area (Å²) in [4.78, 5) is 0. The third-order valence-corrected chi connectivity index (χ3v) is 0.675. The van der Waals surface area contributed by atoms with Crippen LogP contribution in [-0.2, 0) is 4.18 Å². The molecule has 0 aliphatic carbocycles. The van der Waals surface area contributed by atoms with Crippen molar-refractivity contribution in [2.24, 2.45) is 0 Å². The van der Waals surface area contributed by atoms with Crippen LogP contribution in [0.15, 0.2) is 0 Å². The van der Waals surface area contributed by atoms with Crippen molar-refractivity contribution in [2.45, 2.75) is 0 Å². The zero-order valence-electron chi connectivity index (χ0n) is 2.65. The highest BCUT2D eigenvalue weighted by molar-refractivity contribution is 9.09. The molecule has 0 radical (unpaired) electrons. The molecule has 0 rings (SSSR count). The molecule has 0 N–H and O–H groups in total. The lowest BCUT2D eigenvalue weighted by Crippen LogP contribution is -1.79. The molecule has 5 heavy (non-hydrogen) atoms. The Bertz CT molecular complexity index is 17.1. The molecule has 0 aliphatic rings. The van der Waals surface area contributed by atoms with Gasteiger partial charge in [-0.1, -0.05) is 15.9 Å². The second kappa shape index (κ2) is 4.79. The van der Waals surface area contributed by atoms with E-state index in [1.54, 1.807) is 0 Å². The Morgan fingerprint density at radius 2 is 2.40 bits per heavy atom. The van der Waals surface area contributed by atoms with Crippen LogP contribution in [0.4, 0.5) is 0 Å². The molecule has 0 unspecified atom stereocenters. The summed E-state index contributed by atoms with van der Waals surface area (Å²) in [6, 6.07) is 0. The van der Waals surface area contributed by atoms with Gasteiger partial charge in [0.2, 0.25) is 0 Å². The molecule has 0 bridgehead atoms. The molecule has 0 saturated carbocycles. The Hall–Kier alpha value is 0.790. The number of hydrogen-bond acceptors (Lipinski definition) is 2. The van der Waals surface area contributed by atoms with Crippen molar-refractivity contribution in [1.29, 1.82) is 0 Å². The molecule has 0 heterocycles. The molecule has 0 amide bonds. The summed E-state index contributed by atoms with van der Waals surface area (Å²) in [7, 11) is 0. The van der Waals surface area contributed by atoms with Gasteiger partial charge < -0.3 is 4.18 Å².